The normalized spacial score (nSPS) is 17.5. The third kappa shape index (κ3) is 4.05. The lowest BCUT2D eigenvalue weighted by atomic mass is 9.98. The number of carbonyl (C=O) groups excluding carboxylic acids is 2. The minimum absolute atomic E-state index is 0.0585. The van der Waals surface area contributed by atoms with Crippen LogP contribution in [-0.2, 0) is 9.59 Å². The van der Waals surface area contributed by atoms with Gasteiger partial charge in [0.05, 0.1) is 22.9 Å². The van der Waals surface area contributed by atoms with Crippen molar-refractivity contribution in [1.82, 2.24) is 4.98 Å². The number of anilines is 1. The molecule has 1 saturated heterocycles. The summed E-state index contributed by atoms with van der Waals surface area (Å²) in [7, 11) is 0. The average molecular weight is 471 g/mol. The van der Waals surface area contributed by atoms with E-state index in [9.17, 15) is 23.5 Å². The number of benzene rings is 2. The number of amides is 1. The van der Waals surface area contributed by atoms with Crippen molar-refractivity contribution in [1.29, 1.82) is 0 Å². The molecular weight excluding hydrogens is 454 g/mol. The van der Waals surface area contributed by atoms with E-state index in [0.29, 0.717) is 11.6 Å². The first-order valence-electron chi connectivity index (χ1n) is 9.93. The second kappa shape index (κ2) is 8.99. The molecule has 168 valence electrons. The van der Waals surface area contributed by atoms with Crippen molar-refractivity contribution >= 4 is 34.7 Å². The van der Waals surface area contributed by atoms with Gasteiger partial charge >= 0.3 is 0 Å². The van der Waals surface area contributed by atoms with Gasteiger partial charge in [0.1, 0.15) is 17.6 Å². The molecule has 2 heterocycles. The first-order chi connectivity index (χ1) is 15.8. The predicted molar refractivity (Wildman–Crippen MR) is 118 cm³/mol. The van der Waals surface area contributed by atoms with Crippen molar-refractivity contribution in [2.45, 2.75) is 13.0 Å². The minimum Gasteiger partial charge on any atom is -0.507 e. The Morgan fingerprint density at radius 3 is 2.58 bits per heavy atom. The zero-order valence-corrected chi connectivity index (χ0v) is 18.0. The van der Waals surface area contributed by atoms with Crippen molar-refractivity contribution in [3.05, 3.63) is 94.3 Å². The average Bonchev–Trinajstić information content (AvgIpc) is 3.08. The number of halogens is 3. The van der Waals surface area contributed by atoms with Crippen LogP contribution in [0.2, 0.25) is 5.02 Å². The molecule has 1 fully saturated rings. The van der Waals surface area contributed by atoms with E-state index in [4.69, 9.17) is 16.3 Å². The zero-order chi connectivity index (χ0) is 23.7. The molecule has 1 amide bonds. The van der Waals surface area contributed by atoms with E-state index in [-0.39, 0.29) is 28.3 Å². The summed E-state index contributed by atoms with van der Waals surface area (Å²) in [5, 5.41) is 11.4. The smallest absolute Gasteiger partial charge is 0.300 e. The summed E-state index contributed by atoms with van der Waals surface area (Å²) >= 11 is 6.12. The third-order valence-electron chi connectivity index (χ3n) is 5.10. The SMILES string of the molecule is CCOc1cc(/C(O)=C2\C(=O)C(=O)N(c3ccc(F)c(F)c3)C2c2ccccn2)ccc1Cl. The lowest BCUT2D eigenvalue weighted by Crippen LogP contribution is -2.30. The number of Topliss-reactive ketones (excluding diaryl/α,β-unsaturated/α-hetero) is 1. The maximum atomic E-state index is 14.0. The summed E-state index contributed by atoms with van der Waals surface area (Å²) in [6, 6.07) is 10.9. The number of aliphatic hydroxyl groups is 1. The number of ether oxygens (including phenoxy) is 1. The first-order valence-corrected chi connectivity index (χ1v) is 10.3. The molecule has 2 aromatic carbocycles. The number of pyridine rings is 1. The van der Waals surface area contributed by atoms with E-state index in [0.717, 1.165) is 17.0 Å². The zero-order valence-electron chi connectivity index (χ0n) is 17.3. The van der Waals surface area contributed by atoms with Gasteiger partial charge in [-0.1, -0.05) is 17.7 Å². The van der Waals surface area contributed by atoms with Crippen LogP contribution < -0.4 is 9.64 Å². The van der Waals surface area contributed by atoms with Crippen LogP contribution in [0.3, 0.4) is 0 Å². The Labute approximate surface area is 192 Å². The second-order valence-corrected chi connectivity index (χ2v) is 7.51. The van der Waals surface area contributed by atoms with Crippen LogP contribution in [0.25, 0.3) is 5.76 Å². The van der Waals surface area contributed by atoms with Gasteiger partial charge in [-0.05, 0) is 49.4 Å². The van der Waals surface area contributed by atoms with E-state index in [1.54, 1.807) is 25.1 Å². The van der Waals surface area contributed by atoms with E-state index in [1.165, 1.54) is 30.5 Å². The van der Waals surface area contributed by atoms with Crippen LogP contribution in [0.5, 0.6) is 5.75 Å². The Bertz CT molecular complexity index is 1280. The standard InChI is InChI=1S/C24H17ClF2N2O4/c1-2-33-19-11-13(6-8-15(19)25)22(30)20-21(18-5-3-4-10-28-18)29(24(32)23(20)31)14-7-9-16(26)17(27)12-14/h3-12,21,30H,2H2,1H3/b22-20+. The molecule has 0 saturated carbocycles. The highest BCUT2D eigenvalue weighted by Gasteiger charge is 2.47. The number of aliphatic hydroxyl groups excluding tert-OH is 1. The molecule has 1 atom stereocenters. The van der Waals surface area contributed by atoms with Crippen LogP contribution in [0.4, 0.5) is 14.5 Å². The van der Waals surface area contributed by atoms with Crippen LogP contribution in [0.15, 0.2) is 66.4 Å². The second-order valence-electron chi connectivity index (χ2n) is 7.10. The lowest BCUT2D eigenvalue weighted by molar-refractivity contribution is -0.132. The van der Waals surface area contributed by atoms with Gasteiger partial charge in [-0.25, -0.2) is 8.78 Å². The molecule has 6 nitrogen and oxygen atoms in total. The van der Waals surface area contributed by atoms with Gasteiger partial charge in [-0.3, -0.25) is 19.5 Å². The summed E-state index contributed by atoms with van der Waals surface area (Å²) in [5.41, 5.74) is 0.124. The predicted octanol–water partition coefficient (Wildman–Crippen LogP) is 5.04. The Hall–Kier alpha value is -3.78. The van der Waals surface area contributed by atoms with Crippen LogP contribution in [0, 0.1) is 11.6 Å². The minimum atomic E-state index is -1.19. The monoisotopic (exact) mass is 470 g/mol. The molecule has 0 spiro atoms. The highest BCUT2D eigenvalue weighted by molar-refractivity contribution is 6.51. The Kier molecular flexibility index (Phi) is 6.11. The van der Waals surface area contributed by atoms with E-state index in [2.05, 4.69) is 4.98 Å². The first kappa shape index (κ1) is 22.4. The molecule has 1 unspecified atom stereocenters. The molecule has 0 bridgehead atoms. The van der Waals surface area contributed by atoms with Gasteiger partial charge in [0, 0.05) is 23.5 Å². The molecule has 1 aliphatic heterocycles. The fraction of sp³-hybridized carbons (Fsp3) is 0.125. The van der Waals surface area contributed by atoms with Crippen LogP contribution >= 0.6 is 11.6 Å². The Morgan fingerprint density at radius 1 is 1.12 bits per heavy atom. The molecule has 4 rings (SSSR count). The number of aromatic nitrogens is 1. The van der Waals surface area contributed by atoms with E-state index in [1.807, 2.05) is 0 Å². The third-order valence-corrected chi connectivity index (χ3v) is 5.41. The fourth-order valence-electron chi connectivity index (χ4n) is 3.62. The van der Waals surface area contributed by atoms with Crippen molar-refractivity contribution in [2.24, 2.45) is 0 Å². The maximum Gasteiger partial charge on any atom is 0.300 e. The summed E-state index contributed by atoms with van der Waals surface area (Å²) in [4.78, 5) is 31.3. The Balaban J connectivity index is 1.93. The van der Waals surface area contributed by atoms with Crippen molar-refractivity contribution in [3.63, 3.8) is 0 Å². The topological polar surface area (TPSA) is 79.7 Å². The number of rotatable bonds is 5. The molecule has 0 radical (unpaired) electrons. The number of nitrogens with zero attached hydrogens (tertiary/aromatic N) is 2. The summed E-state index contributed by atoms with van der Waals surface area (Å²) in [6.07, 6.45) is 1.45. The van der Waals surface area contributed by atoms with Gasteiger partial charge in [-0.2, -0.15) is 0 Å². The number of hydrogen-bond acceptors (Lipinski definition) is 5. The Morgan fingerprint density at radius 2 is 1.91 bits per heavy atom. The van der Waals surface area contributed by atoms with Gasteiger partial charge in [-0.15, -0.1) is 0 Å². The molecule has 1 aromatic heterocycles. The van der Waals surface area contributed by atoms with Crippen LogP contribution in [-0.4, -0.2) is 28.4 Å². The summed E-state index contributed by atoms with van der Waals surface area (Å²) in [6.45, 7) is 2.08. The fourth-order valence-corrected chi connectivity index (χ4v) is 3.80. The van der Waals surface area contributed by atoms with E-state index >= 15 is 0 Å². The molecule has 0 aliphatic carbocycles. The highest BCUT2D eigenvalue weighted by Crippen LogP contribution is 2.42. The van der Waals surface area contributed by atoms with Crippen LogP contribution in [0.1, 0.15) is 24.2 Å². The van der Waals surface area contributed by atoms with Crippen molar-refractivity contribution in [3.8, 4) is 5.75 Å². The molecule has 1 aliphatic rings. The van der Waals surface area contributed by atoms with Gasteiger partial charge in [0.2, 0.25) is 0 Å². The molecule has 3 aromatic rings. The molecule has 1 N–H and O–H groups in total. The largest absolute Gasteiger partial charge is 0.507 e. The van der Waals surface area contributed by atoms with Gasteiger partial charge in [0.25, 0.3) is 11.7 Å². The van der Waals surface area contributed by atoms with Crippen molar-refractivity contribution < 1.29 is 28.2 Å². The van der Waals surface area contributed by atoms with Crippen molar-refractivity contribution in [2.75, 3.05) is 11.5 Å². The van der Waals surface area contributed by atoms with Gasteiger partial charge in [0.15, 0.2) is 11.6 Å². The molecular formula is C24H17ClF2N2O4. The number of hydrogen-bond donors (Lipinski definition) is 1. The van der Waals surface area contributed by atoms with E-state index < -0.39 is 35.1 Å². The maximum absolute atomic E-state index is 14.0. The van der Waals surface area contributed by atoms with Gasteiger partial charge < -0.3 is 9.84 Å². The lowest BCUT2D eigenvalue weighted by Gasteiger charge is -2.24. The summed E-state index contributed by atoms with van der Waals surface area (Å²) < 4.78 is 32.9. The molecule has 9 heteroatoms. The quantitative estimate of drug-likeness (QED) is 0.321. The summed E-state index contributed by atoms with van der Waals surface area (Å²) in [5.74, 6) is -4.50. The number of ketones is 1. The molecule has 33 heavy (non-hydrogen) atoms. The number of carbonyl (C=O) groups is 2. The highest BCUT2D eigenvalue weighted by atomic mass is 35.5.